The summed E-state index contributed by atoms with van der Waals surface area (Å²) < 4.78 is 50.9. The largest absolute Gasteiger partial charge is 0.416 e. The number of hydrogen-bond donors (Lipinski definition) is 2. The minimum Gasteiger partial charge on any atom is -0.395 e. The second-order valence-corrected chi connectivity index (χ2v) is 9.88. The SMILES string of the molecule is O=S1CCN(c2nc(NCCO)nc3c(SCc4cccc(C(F)(F)F)c4)ncnc23)CC1. The molecule has 33 heavy (non-hydrogen) atoms. The number of alkyl halides is 3. The topological polar surface area (TPSA) is 104 Å². The quantitative estimate of drug-likeness (QED) is 0.376. The van der Waals surface area contributed by atoms with Crippen LogP contribution in [0.1, 0.15) is 11.1 Å². The second kappa shape index (κ2) is 10.2. The number of nitrogens with one attached hydrogen (secondary N) is 1. The monoisotopic (exact) mass is 498 g/mol. The number of aromatic nitrogens is 4. The van der Waals surface area contributed by atoms with Gasteiger partial charge >= 0.3 is 6.18 Å². The minimum absolute atomic E-state index is 0.109. The summed E-state index contributed by atoms with van der Waals surface area (Å²) in [6.07, 6.45) is -3.03. The third-order valence-electron chi connectivity index (χ3n) is 4.93. The van der Waals surface area contributed by atoms with E-state index in [-0.39, 0.29) is 24.9 Å². The van der Waals surface area contributed by atoms with Crippen LogP contribution in [-0.4, -0.2) is 67.0 Å². The van der Waals surface area contributed by atoms with E-state index in [1.165, 1.54) is 24.2 Å². The lowest BCUT2D eigenvalue weighted by atomic mass is 10.1. The molecule has 1 aliphatic heterocycles. The molecule has 0 bridgehead atoms. The van der Waals surface area contributed by atoms with E-state index in [1.807, 2.05) is 4.90 Å². The van der Waals surface area contributed by atoms with Crippen LogP contribution in [0.15, 0.2) is 35.6 Å². The molecular formula is C20H21F3N6O2S2. The number of benzene rings is 1. The van der Waals surface area contributed by atoms with Gasteiger partial charge in [0, 0.05) is 47.7 Å². The zero-order chi connectivity index (χ0) is 23.4. The number of nitrogens with zero attached hydrogens (tertiary/aromatic N) is 5. The van der Waals surface area contributed by atoms with Crippen molar-refractivity contribution < 1.29 is 22.5 Å². The third-order valence-corrected chi connectivity index (χ3v) is 7.26. The Morgan fingerprint density at radius 1 is 1.15 bits per heavy atom. The molecule has 1 fully saturated rings. The molecule has 8 nitrogen and oxygen atoms in total. The van der Waals surface area contributed by atoms with E-state index in [9.17, 15) is 17.4 Å². The Hall–Kier alpha value is -2.51. The Morgan fingerprint density at radius 2 is 1.94 bits per heavy atom. The summed E-state index contributed by atoms with van der Waals surface area (Å²) in [7, 11) is -0.866. The van der Waals surface area contributed by atoms with Crippen molar-refractivity contribution in [2.75, 3.05) is 48.0 Å². The molecule has 3 heterocycles. The number of rotatable bonds is 7. The summed E-state index contributed by atoms with van der Waals surface area (Å²) in [4.78, 5) is 19.7. The van der Waals surface area contributed by atoms with Gasteiger partial charge in [-0.2, -0.15) is 18.2 Å². The molecule has 2 aromatic heterocycles. The first-order valence-electron chi connectivity index (χ1n) is 10.1. The van der Waals surface area contributed by atoms with Gasteiger partial charge in [0.05, 0.1) is 12.2 Å². The molecule has 2 N–H and O–H groups in total. The molecule has 1 aliphatic rings. The van der Waals surface area contributed by atoms with Crippen molar-refractivity contribution in [3.05, 3.63) is 41.7 Å². The Morgan fingerprint density at radius 3 is 2.67 bits per heavy atom. The number of halogens is 3. The zero-order valence-electron chi connectivity index (χ0n) is 17.4. The maximum absolute atomic E-state index is 13.0. The predicted octanol–water partition coefficient (Wildman–Crippen LogP) is 2.70. The third kappa shape index (κ3) is 5.71. The highest BCUT2D eigenvalue weighted by molar-refractivity contribution is 7.98. The molecule has 0 atom stereocenters. The van der Waals surface area contributed by atoms with Crippen LogP contribution in [0.2, 0.25) is 0 Å². The molecular weight excluding hydrogens is 477 g/mol. The van der Waals surface area contributed by atoms with Crippen LogP contribution in [0.3, 0.4) is 0 Å². The number of aliphatic hydroxyl groups excluding tert-OH is 1. The number of hydrogen-bond acceptors (Lipinski definition) is 9. The molecule has 0 spiro atoms. The molecule has 1 saturated heterocycles. The predicted molar refractivity (Wildman–Crippen MR) is 122 cm³/mol. The van der Waals surface area contributed by atoms with Crippen LogP contribution in [-0.2, 0) is 22.7 Å². The van der Waals surface area contributed by atoms with Crippen molar-refractivity contribution in [1.82, 2.24) is 19.9 Å². The Balaban J connectivity index is 1.67. The summed E-state index contributed by atoms with van der Waals surface area (Å²) in [6.45, 7) is 1.24. The lowest BCUT2D eigenvalue weighted by molar-refractivity contribution is -0.137. The van der Waals surface area contributed by atoms with Gasteiger partial charge in [0.15, 0.2) is 5.82 Å². The van der Waals surface area contributed by atoms with Crippen molar-refractivity contribution in [2.45, 2.75) is 17.0 Å². The van der Waals surface area contributed by atoms with Crippen LogP contribution in [0.5, 0.6) is 0 Å². The number of fused-ring (bicyclic) bond motifs is 1. The van der Waals surface area contributed by atoms with Crippen LogP contribution < -0.4 is 10.2 Å². The Kier molecular flexibility index (Phi) is 7.29. The van der Waals surface area contributed by atoms with Crippen LogP contribution in [0.25, 0.3) is 11.0 Å². The molecule has 0 saturated carbocycles. The summed E-state index contributed by atoms with van der Waals surface area (Å²) in [6, 6.07) is 5.18. The smallest absolute Gasteiger partial charge is 0.395 e. The van der Waals surface area contributed by atoms with Gasteiger partial charge in [0.1, 0.15) is 22.4 Å². The molecule has 176 valence electrons. The lowest BCUT2D eigenvalue weighted by Crippen LogP contribution is -2.38. The molecule has 0 amide bonds. The Labute approximate surface area is 194 Å². The van der Waals surface area contributed by atoms with Gasteiger partial charge in [-0.05, 0) is 11.6 Å². The fourth-order valence-electron chi connectivity index (χ4n) is 3.32. The normalized spacial score (nSPS) is 15.2. The molecule has 4 rings (SSSR count). The fraction of sp³-hybridized carbons (Fsp3) is 0.400. The van der Waals surface area contributed by atoms with Crippen molar-refractivity contribution in [1.29, 1.82) is 0 Å². The van der Waals surface area contributed by atoms with Crippen LogP contribution in [0.4, 0.5) is 24.9 Å². The molecule has 3 aromatic rings. The number of anilines is 2. The Bertz CT molecular complexity index is 1150. The van der Waals surface area contributed by atoms with E-state index in [0.717, 1.165) is 12.1 Å². The van der Waals surface area contributed by atoms with Gasteiger partial charge in [-0.1, -0.05) is 30.0 Å². The summed E-state index contributed by atoms with van der Waals surface area (Å²) in [5, 5.41) is 12.6. The molecule has 0 aliphatic carbocycles. The van der Waals surface area contributed by atoms with Crippen LogP contribution in [0, 0.1) is 0 Å². The van der Waals surface area contributed by atoms with Gasteiger partial charge in [-0.3, -0.25) is 4.21 Å². The van der Waals surface area contributed by atoms with E-state index >= 15 is 0 Å². The van der Waals surface area contributed by atoms with E-state index < -0.39 is 22.5 Å². The van der Waals surface area contributed by atoms with E-state index in [1.54, 1.807) is 6.07 Å². The van der Waals surface area contributed by atoms with Crippen molar-refractivity contribution >= 4 is 45.4 Å². The summed E-state index contributed by atoms with van der Waals surface area (Å²) in [5.41, 5.74) is 0.786. The molecule has 13 heteroatoms. The average molecular weight is 499 g/mol. The minimum atomic E-state index is -4.41. The van der Waals surface area contributed by atoms with Crippen molar-refractivity contribution in [2.24, 2.45) is 0 Å². The molecule has 1 aromatic carbocycles. The van der Waals surface area contributed by atoms with Gasteiger partial charge in [0.25, 0.3) is 0 Å². The first kappa shape index (κ1) is 23.6. The average Bonchev–Trinajstić information content (AvgIpc) is 2.81. The summed E-state index contributed by atoms with van der Waals surface area (Å²) >= 11 is 1.26. The van der Waals surface area contributed by atoms with Gasteiger partial charge in [-0.15, -0.1) is 0 Å². The molecule has 0 radical (unpaired) electrons. The van der Waals surface area contributed by atoms with Crippen LogP contribution >= 0.6 is 11.8 Å². The van der Waals surface area contributed by atoms with Gasteiger partial charge in [-0.25, -0.2) is 15.0 Å². The first-order chi connectivity index (χ1) is 15.8. The van der Waals surface area contributed by atoms with E-state index in [2.05, 4.69) is 25.3 Å². The van der Waals surface area contributed by atoms with Crippen molar-refractivity contribution in [3.8, 4) is 0 Å². The zero-order valence-corrected chi connectivity index (χ0v) is 19.0. The second-order valence-electron chi connectivity index (χ2n) is 7.22. The fourth-order valence-corrected chi connectivity index (χ4v) is 5.26. The van der Waals surface area contributed by atoms with Crippen molar-refractivity contribution in [3.63, 3.8) is 0 Å². The standard InChI is InChI=1S/C20H21F3N6O2S2/c21-20(22,23)14-3-1-2-13(10-14)11-32-18-16-15(25-12-26-18)17(28-19(27-16)24-4-7-30)29-5-8-33(31)9-6-29/h1-3,10,12,30H,4-9,11H2,(H,24,27,28). The molecule has 0 unspecified atom stereocenters. The highest BCUT2D eigenvalue weighted by Crippen LogP contribution is 2.33. The van der Waals surface area contributed by atoms with Gasteiger partial charge in [0.2, 0.25) is 5.95 Å². The maximum atomic E-state index is 13.0. The van der Waals surface area contributed by atoms with E-state index in [4.69, 9.17) is 5.11 Å². The van der Waals surface area contributed by atoms with Gasteiger partial charge < -0.3 is 15.3 Å². The van der Waals surface area contributed by atoms with E-state index in [0.29, 0.717) is 52.0 Å². The number of aliphatic hydroxyl groups is 1. The first-order valence-corrected chi connectivity index (χ1v) is 12.6. The summed E-state index contributed by atoms with van der Waals surface area (Å²) in [5.74, 6) is 2.16. The highest BCUT2D eigenvalue weighted by atomic mass is 32.2. The number of thioether (sulfide) groups is 1. The highest BCUT2D eigenvalue weighted by Gasteiger charge is 2.30. The maximum Gasteiger partial charge on any atom is 0.416 e. The lowest BCUT2D eigenvalue weighted by Gasteiger charge is -2.28.